The third-order valence-corrected chi connectivity index (χ3v) is 7.68. The van der Waals surface area contributed by atoms with Gasteiger partial charge in [0.2, 0.25) is 5.91 Å². The maximum absolute atomic E-state index is 13.4. The molecular formula is C19H32N2O2. The van der Waals surface area contributed by atoms with E-state index in [9.17, 15) is 4.79 Å². The van der Waals surface area contributed by atoms with Crippen LogP contribution in [0.3, 0.4) is 0 Å². The summed E-state index contributed by atoms with van der Waals surface area (Å²) in [5.74, 6) is 0.415. The van der Waals surface area contributed by atoms with Gasteiger partial charge in [-0.15, -0.1) is 0 Å². The molecule has 2 heterocycles. The van der Waals surface area contributed by atoms with Crippen LogP contribution in [0.4, 0.5) is 0 Å². The van der Waals surface area contributed by atoms with Crippen LogP contribution in [0.5, 0.6) is 0 Å². The third kappa shape index (κ3) is 2.07. The largest absolute Gasteiger partial charge is 0.377 e. The molecule has 4 nitrogen and oxygen atoms in total. The van der Waals surface area contributed by atoms with E-state index in [1.807, 2.05) is 0 Å². The number of hydrogen-bond donors (Lipinski definition) is 1. The zero-order chi connectivity index (χ0) is 16.3. The van der Waals surface area contributed by atoms with E-state index in [0.29, 0.717) is 5.41 Å². The fraction of sp³-hybridized carbons (Fsp3) is 0.947. The molecular weight excluding hydrogens is 288 g/mol. The first kappa shape index (κ1) is 15.9. The predicted octanol–water partition coefficient (Wildman–Crippen LogP) is 2.70. The Balaban J connectivity index is 1.52. The van der Waals surface area contributed by atoms with Gasteiger partial charge in [0.1, 0.15) is 5.54 Å². The van der Waals surface area contributed by atoms with Crippen LogP contribution in [0.2, 0.25) is 0 Å². The molecule has 130 valence electrons. The van der Waals surface area contributed by atoms with Crippen molar-refractivity contribution in [3.05, 3.63) is 0 Å². The highest BCUT2D eigenvalue weighted by molar-refractivity contribution is 5.90. The summed E-state index contributed by atoms with van der Waals surface area (Å²) in [4.78, 5) is 15.5. The highest BCUT2D eigenvalue weighted by atomic mass is 16.5. The molecule has 0 aromatic carbocycles. The molecule has 0 aromatic heterocycles. The number of rotatable bonds is 1. The number of fused-ring (bicyclic) bond motifs is 1. The number of carbonyl (C=O) groups excluding carboxylic acids is 1. The topological polar surface area (TPSA) is 55.6 Å². The van der Waals surface area contributed by atoms with Gasteiger partial charge in [0.15, 0.2) is 0 Å². The molecule has 2 N–H and O–H groups in total. The van der Waals surface area contributed by atoms with Gasteiger partial charge < -0.3 is 15.4 Å². The summed E-state index contributed by atoms with van der Waals surface area (Å²) in [7, 11) is 0. The van der Waals surface area contributed by atoms with Crippen LogP contribution < -0.4 is 5.73 Å². The van der Waals surface area contributed by atoms with Crippen LogP contribution >= 0.6 is 0 Å². The lowest BCUT2D eigenvalue weighted by Crippen LogP contribution is -2.82. The monoisotopic (exact) mass is 320 g/mol. The minimum absolute atomic E-state index is 0.163. The summed E-state index contributed by atoms with van der Waals surface area (Å²) in [5, 5.41) is 0. The molecule has 4 fully saturated rings. The molecule has 4 rings (SSSR count). The van der Waals surface area contributed by atoms with Gasteiger partial charge in [0.25, 0.3) is 0 Å². The summed E-state index contributed by atoms with van der Waals surface area (Å²) in [6.45, 7) is 6.93. The van der Waals surface area contributed by atoms with Crippen molar-refractivity contribution >= 4 is 5.91 Å². The van der Waals surface area contributed by atoms with Gasteiger partial charge in [0, 0.05) is 31.0 Å². The molecule has 4 aliphatic rings. The molecule has 2 saturated heterocycles. The van der Waals surface area contributed by atoms with Gasteiger partial charge >= 0.3 is 0 Å². The SMILES string of the molecule is CC1(C)C2OCCCC2C1(N)C(=O)N1CCC2(CCCCC2)C1. The van der Waals surface area contributed by atoms with Gasteiger partial charge in [-0.1, -0.05) is 33.1 Å². The number of nitrogens with two attached hydrogens (primary N) is 1. The zero-order valence-electron chi connectivity index (χ0n) is 14.8. The number of ether oxygens (including phenoxy) is 1. The summed E-state index contributed by atoms with van der Waals surface area (Å²) < 4.78 is 5.96. The zero-order valence-corrected chi connectivity index (χ0v) is 14.8. The predicted molar refractivity (Wildman–Crippen MR) is 89.9 cm³/mol. The van der Waals surface area contributed by atoms with Gasteiger partial charge in [-0.05, 0) is 37.5 Å². The van der Waals surface area contributed by atoms with E-state index < -0.39 is 5.54 Å². The standard InChI is InChI=1S/C19H32N2O2/c1-17(2)15-14(7-6-12-23-15)19(17,20)16(22)21-11-10-18(13-21)8-4-3-5-9-18/h14-15H,3-13,20H2,1-2H3. The van der Waals surface area contributed by atoms with Crippen LogP contribution in [-0.2, 0) is 9.53 Å². The van der Waals surface area contributed by atoms with Gasteiger partial charge in [0.05, 0.1) is 6.10 Å². The van der Waals surface area contributed by atoms with Crippen LogP contribution in [0.25, 0.3) is 0 Å². The molecule has 0 radical (unpaired) electrons. The van der Waals surface area contributed by atoms with Crippen LogP contribution in [0.15, 0.2) is 0 Å². The average Bonchev–Trinajstić information content (AvgIpc) is 2.97. The van der Waals surface area contributed by atoms with E-state index in [2.05, 4.69) is 18.7 Å². The van der Waals surface area contributed by atoms with Crippen molar-refractivity contribution in [3.8, 4) is 0 Å². The first-order valence-electron chi connectivity index (χ1n) is 9.61. The lowest BCUT2D eigenvalue weighted by Gasteiger charge is -2.65. The molecule has 2 saturated carbocycles. The Labute approximate surface area is 140 Å². The minimum atomic E-state index is -0.724. The fourth-order valence-electron chi connectivity index (χ4n) is 6.09. The van der Waals surface area contributed by atoms with Crippen LogP contribution in [0.1, 0.15) is 65.2 Å². The normalized spacial score (nSPS) is 41.4. The number of carbonyl (C=O) groups is 1. The van der Waals surface area contributed by atoms with Crippen molar-refractivity contribution in [2.24, 2.45) is 22.5 Å². The van der Waals surface area contributed by atoms with Crippen molar-refractivity contribution in [2.45, 2.75) is 76.9 Å². The summed E-state index contributed by atoms with van der Waals surface area (Å²) >= 11 is 0. The Morgan fingerprint density at radius 1 is 1.13 bits per heavy atom. The van der Waals surface area contributed by atoms with Gasteiger partial charge in [-0.25, -0.2) is 0 Å². The second-order valence-corrected chi connectivity index (χ2v) is 9.17. The van der Waals surface area contributed by atoms with Gasteiger partial charge in [-0.3, -0.25) is 4.79 Å². The molecule has 1 spiro atoms. The summed E-state index contributed by atoms with van der Waals surface area (Å²) in [6, 6.07) is 0. The Morgan fingerprint density at radius 2 is 1.87 bits per heavy atom. The van der Waals surface area contributed by atoms with E-state index in [1.165, 1.54) is 38.5 Å². The number of hydrogen-bond acceptors (Lipinski definition) is 3. The summed E-state index contributed by atoms with van der Waals surface area (Å²) in [6.07, 6.45) is 10.0. The second-order valence-electron chi connectivity index (χ2n) is 9.17. The van der Waals surface area contributed by atoms with Crippen molar-refractivity contribution in [3.63, 3.8) is 0 Å². The van der Waals surface area contributed by atoms with E-state index in [-0.39, 0.29) is 23.3 Å². The molecule has 0 bridgehead atoms. The maximum atomic E-state index is 13.4. The van der Waals surface area contributed by atoms with E-state index in [1.54, 1.807) is 0 Å². The third-order valence-electron chi connectivity index (χ3n) is 7.68. The number of nitrogens with zero attached hydrogens (tertiary/aromatic N) is 1. The minimum Gasteiger partial charge on any atom is -0.377 e. The molecule has 1 amide bonds. The Morgan fingerprint density at radius 3 is 2.61 bits per heavy atom. The fourth-order valence-corrected chi connectivity index (χ4v) is 6.09. The molecule has 2 aliphatic heterocycles. The maximum Gasteiger partial charge on any atom is 0.243 e. The van der Waals surface area contributed by atoms with Crippen molar-refractivity contribution in [2.75, 3.05) is 19.7 Å². The Bertz CT molecular complexity index is 498. The number of amides is 1. The van der Waals surface area contributed by atoms with Crippen molar-refractivity contribution in [1.82, 2.24) is 4.90 Å². The van der Waals surface area contributed by atoms with Crippen molar-refractivity contribution in [1.29, 1.82) is 0 Å². The summed E-state index contributed by atoms with van der Waals surface area (Å²) in [5.41, 5.74) is 6.23. The highest BCUT2D eigenvalue weighted by Crippen LogP contribution is 2.58. The first-order chi connectivity index (χ1) is 10.9. The molecule has 3 atom stereocenters. The van der Waals surface area contributed by atoms with E-state index in [0.717, 1.165) is 32.5 Å². The second kappa shape index (κ2) is 5.19. The lowest BCUT2D eigenvalue weighted by atomic mass is 9.46. The van der Waals surface area contributed by atoms with Crippen molar-refractivity contribution < 1.29 is 9.53 Å². The molecule has 2 aliphatic carbocycles. The van der Waals surface area contributed by atoms with E-state index >= 15 is 0 Å². The van der Waals surface area contributed by atoms with E-state index in [4.69, 9.17) is 10.5 Å². The quantitative estimate of drug-likeness (QED) is 0.808. The van der Waals surface area contributed by atoms with Crippen LogP contribution in [0, 0.1) is 16.7 Å². The lowest BCUT2D eigenvalue weighted by molar-refractivity contribution is -0.229. The Hall–Kier alpha value is -0.610. The Kier molecular flexibility index (Phi) is 3.59. The molecule has 23 heavy (non-hydrogen) atoms. The molecule has 4 heteroatoms. The average molecular weight is 320 g/mol. The first-order valence-corrected chi connectivity index (χ1v) is 9.61. The number of likely N-dealkylation sites (tertiary alicyclic amines) is 1. The smallest absolute Gasteiger partial charge is 0.243 e. The highest BCUT2D eigenvalue weighted by Gasteiger charge is 2.71. The van der Waals surface area contributed by atoms with Crippen LogP contribution in [-0.4, -0.2) is 42.1 Å². The van der Waals surface area contributed by atoms with Gasteiger partial charge in [-0.2, -0.15) is 0 Å². The molecule has 0 aromatic rings. The molecule has 3 unspecified atom stereocenters.